The molecule has 0 saturated heterocycles. The van der Waals surface area contributed by atoms with Gasteiger partial charge in [-0.2, -0.15) is 0 Å². The largest absolute Gasteiger partial charge is 0.466 e. The number of carbonyl (C=O) groups excluding carboxylic acids is 1. The standard InChI is InChI=1S/C9H20NO2/c1-5-12-9(11)7-6-8-10(2,3)4/h5-8H2,1-4H3/q+1. The topological polar surface area (TPSA) is 26.3 Å². The van der Waals surface area contributed by atoms with Crippen LogP contribution in [0.4, 0.5) is 0 Å². The highest BCUT2D eigenvalue weighted by Crippen LogP contribution is 1.98. The fraction of sp³-hybridized carbons (Fsp3) is 0.889. The van der Waals surface area contributed by atoms with Crippen LogP contribution < -0.4 is 0 Å². The zero-order chi connectivity index (χ0) is 9.61. The first-order valence-electron chi connectivity index (χ1n) is 4.42. The molecule has 0 aliphatic carbocycles. The molecule has 72 valence electrons. The zero-order valence-electron chi connectivity index (χ0n) is 8.59. The molecule has 0 rings (SSSR count). The van der Waals surface area contributed by atoms with E-state index in [2.05, 4.69) is 21.1 Å². The predicted octanol–water partition coefficient (Wildman–Crippen LogP) is 1.04. The lowest BCUT2D eigenvalue weighted by Gasteiger charge is -2.23. The van der Waals surface area contributed by atoms with Crippen LogP contribution in [0.2, 0.25) is 0 Å². The molecule has 0 aromatic heterocycles. The Balaban J connectivity index is 3.37. The van der Waals surface area contributed by atoms with Crippen molar-refractivity contribution in [1.29, 1.82) is 0 Å². The molecular formula is C9H20NO2+. The summed E-state index contributed by atoms with van der Waals surface area (Å²) in [6, 6.07) is 0. The van der Waals surface area contributed by atoms with Gasteiger partial charge in [-0.25, -0.2) is 0 Å². The van der Waals surface area contributed by atoms with E-state index in [1.54, 1.807) is 0 Å². The minimum Gasteiger partial charge on any atom is -0.466 e. The van der Waals surface area contributed by atoms with Crippen molar-refractivity contribution in [2.45, 2.75) is 19.8 Å². The number of rotatable bonds is 5. The summed E-state index contributed by atoms with van der Waals surface area (Å²) in [4.78, 5) is 10.9. The molecule has 0 fully saturated rings. The molecule has 12 heavy (non-hydrogen) atoms. The molecule has 3 heteroatoms. The molecule has 0 aromatic carbocycles. The lowest BCUT2D eigenvalue weighted by atomic mass is 10.3. The van der Waals surface area contributed by atoms with Crippen LogP contribution in [-0.2, 0) is 9.53 Å². The highest BCUT2D eigenvalue weighted by Gasteiger charge is 2.08. The summed E-state index contributed by atoms with van der Waals surface area (Å²) in [6.45, 7) is 3.33. The van der Waals surface area contributed by atoms with Gasteiger partial charge in [-0.1, -0.05) is 0 Å². The average molecular weight is 174 g/mol. The smallest absolute Gasteiger partial charge is 0.305 e. The Kier molecular flexibility index (Phi) is 4.90. The van der Waals surface area contributed by atoms with Crippen molar-refractivity contribution in [3.63, 3.8) is 0 Å². The molecule has 0 amide bonds. The van der Waals surface area contributed by atoms with Gasteiger partial charge in [-0.3, -0.25) is 4.79 Å². The van der Waals surface area contributed by atoms with E-state index >= 15 is 0 Å². The number of hydrogen-bond donors (Lipinski definition) is 0. The molecular weight excluding hydrogens is 154 g/mol. The van der Waals surface area contributed by atoms with Gasteiger partial charge >= 0.3 is 5.97 Å². The predicted molar refractivity (Wildman–Crippen MR) is 48.8 cm³/mol. The van der Waals surface area contributed by atoms with Crippen molar-refractivity contribution in [2.24, 2.45) is 0 Å². The molecule has 0 heterocycles. The van der Waals surface area contributed by atoms with Crippen LogP contribution in [-0.4, -0.2) is 44.7 Å². The van der Waals surface area contributed by atoms with E-state index in [0.29, 0.717) is 13.0 Å². The van der Waals surface area contributed by atoms with E-state index in [9.17, 15) is 4.79 Å². The molecule has 0 N–H and O–H groups in total. The second kappa shape index (κ2) is 5.14. The second-order valence-electron chi connectivity index (χ2n) is 3.92. The van der Waals surface area contributed by atoms with Crippen LogP contribution >= 0.6 is 0 Å². The van der Waals surface area contributed by atoms with Gasteiger partial charge in [0, 0.05) is 6.42 Å². The Morgan fingerprint density at radius 3 is 2.33 bits per heavy atom. The maximum atomic E-state index is 10.9. The maximum absolute atomic E-state index is 10.9. The number of ether oxygens (including phenoxy) is 1. The summed E-state index contributed by atoms with van der Waals surface area (Å²) >= 11 is 0. The van der Waals surface area contributed by atoms with Crippen LogP contribution in [0.25, 0.3) is 0 Å². The fourth-order valence-corrected chi connectivity index (χ4v) is 0.931. The van der Waals surface area contributed by atoms with Gasteiger partial charge in [0.2, 0.25) is 0 Å². The molecule has 0 spiro atoms. The third kappa shape index (κ3) is 7.54. The molecule has 0 aliphatic heterocycles. The maximum Gasteiger partial charge on any atom is 0.305 e. The Bertz CT molecular complexity index is 138. The van der Waals surface area contributed by atoms with Gasteiger partial charge in [0.1, 0.15) is 0 Å². The molecule has 3 nitrogen and oxygen atoms in total. The van der Waals surface area contributed by atoms with Crippen molar-refractivity contribution in [3.05, 3.63) is 0 Å². The van der Waals surface area contributed by atoms with Crippen molar-refractivity contribution < 1.29 is 14.0 Å². The van der Waals surface area contributed by atoms with Crippen molar-refractivity contribution >= 4 is 5.97 Å². The zero-order valence-corrected chi connectivity index (χ0v) is 8.59. The van der Waals surface area contributed by atoms with Gasteiger partial charge in [-0.15, -0.1) is 0 Å². The van der Waals surface area contributed by atoms with Gasteiger partial charge in [0.25, 0.3) is 0 Å². The highest BCUT2D eigenvalue weighted by atomic mass is 16.5. The normalized spacial score (nSPS) is 11.3. The lowest BCUT2D eigenvalue weighted by Crippen LogP contribution is -2.35. The van der Waals surface area contributed by atoms with E-state index in [0.717, 1.165) is 17.4 Å². The molecule has 0 bridgehead atoms. The molecule has 0 aliphatic rings. The summed E-state index contributed by atoms with van der Waals surface area (Å²) in [5, 5.41) is 0. The number of carbonyl (C=O) groups is 1. The fourth-order valence-electron chi connectivity index (χ4n) is 0.931. The number of nitrogens with zero attached hydrogens (tertiary/aromatic N) is 1. The van der Waals surface area contributed by atoms with E-state index in [1.807, 2.05) is 6.92 Å². The van der Waals surface area contributed by atoms with Crippen LogP contribution in [0.15, 0.2) is 0 Å². The first-order chi connectivity index (χ1) is 5.45. The molecule has 0 unspecified atom stereocenters. The summed E-state index contributed by atoms with van der Waals surface area (Å²) in [5.74, 6) is -0.0778. The van der Waals surface area contributed by atoms with Gasteiger partial charge in [0.15, 0.2) is 0 Å². The Morgan fingerprint density at radius 1 is 1.33 bits per heavy atom. The summed E-state index contributed by atoms with van der Waals surface area (Å²) in [6.07, 6.45) is 1.45. The summed E-state index contributed by atoms with van der Waals surface area (Å²) in [7, 11) is 6.35. The van der Waals surface area contributed by atoms with E-state index in [1.165, 1.54) is 0 Å². The van der Waals surface area contributed by atoms with Crippen LogP contribution in [0.3, 0.4) is 0 Å². The SMILES string of the molecule is CCOC(=O)CCC[N+](C)(C)C. The van der Waals surface area contributed by atoms with Gasteiger partial charge in [0.05, 0.1) is 40.7 Å². The Hall–Kier alpha value is -0.570. The first-order valence-corrected chi connectivity index (χ1v) is 4.42. The van der Waals surface area contributed by atoms with Crippen molar-refractivity contribution in [1.82, 2.24) is 0 Å². The third-order valence-corrected chi connectivity index (χ3v) is 1.52. The average Bonchev–Trinajstić information content (AvgIpc) is 1.84. The van der Waals surface area contributed by atoms with Gasteiger partial charge in [-0.05, 0) is 6.92 Å². The molecule has 0 saturated carbocycles. The number of quaternary nitrogens is 1. The lowest BCUT2D eigenvalue weighted by molar-refractivity contribution is -0.870. The molecule has 0 atom stereocenters. The van der Waals surface area contributed by atoms with E-state index < -0.39 is 0 Å². The van der Waals surface area contributed by atoms with E-state index in [-0.39, 0.29) is 5.97 Å². The Labute approximate surface area is 74.9 Å². The quantitative estimate of drug-likeness (QED) is 0.460. The monoisotopic (exact) mass is 174 g/mol. The summed E-state index contributed by atoms with van der Waals surface area (Å²) in [5.41, 5.74) is 0. The number of hydrogen-bond acceptors (Lipinski definition) is 2. The van der Waals surface area contributed by atoms with Crippen LogP contribution in [0.5, 0.6) is 0 Å². The number of esters is 1. The van der Waals surface area contributed by atoms with Crippen molar-refractivity contribution in [2.75, 3.05) is 34.3 Å². The second-order valence-corrected chi connectivity index (χ2v) is 3.92. The molecule has 0 aromatic rings. The third-order valence-electron chi connectivity index (χ3n) is 1.52. The summed E-state index contributed by atoms with van der Waals surface area (Å²) < 4.78 is 5.71. The minimum absolute atomic E-state index is 0.0778. The van der Waals surface area contributed by atoms with Crippen LogP contribution in [0.1, 0.15) is 19.8 Å². The Morgan fingerprint density at radius 2 is 1.92 bits per heavy atom. The van der Waals surface area contributed by atoms with Crippen LogP contribution in [0, 0.1) is 0 Å². The molecule has 0 radical (unpaired) electrons. The van der Waals surface area contributed by atoms with Gasteiger partial charge < -0.3 is 9.22 Å². The first kappa shape index (κ1) is 11.4. The highest BCUT2D eigenvalue weighted by molar-refractivity contribution is 5.69. The van der Waals surface area contributed by atoms with E-state index in [4.69, 9.17) is 4.74 Å². The van der Waals surface area contributed by atoms with Crippen molar-refractivity contribution in [3.8, 4) is 0 Å². The minimum atomic E-state index is -0.0778.